The molecule has 3 aromatic rings. The number of benzene rings is 1. The van der Waals surface area contributed by atoms with Gasteiger partial charge in [0.15, 0.2) is 0 Å². The number of hydrogen-bond donors (Lipinski definition) is 2. The lowest BCUT2D eigenvalue weighted by Crippen LogP contribution is -2.34. The summed E-state index contributed by atoms with van der Waals surface area (Å²) >= 11 is 0. The standard InChI is InChI=1S/C26H31N5O2/c1-26(2)11-10-20-23(16-26)28-29-25(20)22-14-18-8-9-19(15-21(18)27-22)31(4)24(33)17-30(3)12-6-5-7-13-32/h5-9,12-15,27H,10-11,16-17H2,1-4H3,(H,28,29)/b7-5-,12-6-. The fraction of sp³-hybridized carbons (Fsp3) is 0.346. The Bertz CT molecular complexity index is 1230. The summed E-state index contributed by atoms with van der Waals surface area (Å²) in [4.78, 5) is 30.0. The largest absolute Gasteiger partial charge is 0.371 e. The molecule has 7 heteroatoms. The first-order valence-corrected chi connectivity index (χ1v) is 11.2. The maximum absolute atomic E-state index is 12.7. The molecule has 0 spiro atoms. The Hall–Kier alpha value is -3.61. The number of aromatic nitrogens is 3. The van der Waals surface area contributed by atoms with Crippen molar-refractivity contribution in [3.05, 3.63) is 60.0 Å². The summed E-state index contributed by atoms with van der Waals surface area (Å²) in [7, 11) is 3.60. The molecule has 0 unspecified atom stereocenters. The van der Waals surface area contributed by atoms with Gasteiger partial charge in [0.2, 0.25) is 5.91 Å². The van der Waals surface area contributed by atoms with E-state index in [2.05, 4.69) is 35.1 Å². The third-order valence-corrected chi connectivity index (χ3v) is 6.31. The lowest BCUT2D eigenvalue weighted by molar-refractivity contribution is -0.118. The molecule has 0 saturated heterocycles. The Morgan fingerprint density at radius 2 is 2.00 bits per heavy atom. The van der Waals surface area contributed by atoms with Crippen LogP contribution in [0.3, 0.4) is 0 Å². The molecule has 0 atom stereocenters. The number of allylic oxidation sites excluding steroid dienone is 3. The number of anilines is 1. The predicted octanol–water partition coefficient (Wildman–Crippen LogP) is 4.24. The Labute approximate surface area is 194 Å². The molecule has 0 radical (unpaired) electrons. The number of carbonyl (C=O) groups excluding carboxylic acids is 2. The Kier molecular flexibility index (Phi) is 6.22. The highest BCUT2D eigenvalue weighted by atomic mass is 16.2. The maximum atomic E-state index is 12.7. The van der Waals surface area contributed by atoms with E-state index in [-0.39, 0.29) is 12.5 Å². The topological polar surface area (TPSA) is 85.1 Å². The molecule has 1 aliphatic rings. The molecule has 7 nitrogen and oxygen atoms in total. The number of aromatic amines is 2. The molecule has 172 valence electrons. The van der Waals surface area contributed by atoms with Crippen LogP contribution in [0.4, 0.5) is 5.69 Å². The molecule has 2 N–H and O–H groups in total. The van der Waals surface area contributed by atoms with Gasteiger partial charge in [0.25, 0.3) is 0 Å². The minimum Gasteiger partial charge on any atom is -0.371 e. The van der Waals surface area contributed by atoms with Crippen molar-refractivity contribution in [2.24, 2.45) is 5.41 Å². The van der Waals surface area contributed by atoms with Gasteiger partial charge in [-0.2, -0.15) is 5.10 Å². The first-order chi connectivity index (χ1) is 15.8. The van der Waals surface area contributed by atoms with Gasteiger partial charge in [-0.25, -0.2) is 0 Å². The zero-order valence-corrected chi connectivity index (χ0v) is 19.7. The fourth-order valence-corrected chi connectivity index (χ4v) is 4.34. The molecule has 4 rings (SSSR count). The SMILES string of the molecule is CN(/C=C\C=C/C=O)CC(=O)N(C)c1ccc2cc(-c3n[nH]c4c3CCC(C)(C)C4)[nH]c2c1. The Morgan fingerprint density at radius 3 is 2.79 bits per heavy atom. The summed E-state index contributed by atoms with van der Waals surface area (Å²) in [5.74, 6) is -0.0309. The average Bonchev–Trinajstić information content (AvgIpc) is 3.38. The smallest absolute Gasteiger partial charge is 0.246 e. The van der Waals surface area contributed by atoms with Crippen molar-refractivity contribution in [2.45, 2.75) is 33.1 Å². The van der Waals surface area contributed by atoms with Gasteiger partial charge in [-0.1, -0.05) is 26.0 Å². The third-order valence-electron chi connectivity index (χ3n) is 6.31. The summed E-state index contributed by atoms with van der Waals surface area (Å²) in [5, 5.41) is 8.97. The fourth-order valence-electron chi connectivity index (χ4n) is 4.34. The van der Waals surface area contributed by atoms with Gasteiger partial charge in [0.1, 0.15) is 12.0 Å². The van der Waals surface area contributed by atoms with Crippen LogP contribution < -0.4 is 4.90 Å². The maximum Gasteiger partial charge on any atom is 0.246 e. The number of carbonyl (C=O) groups is 2. The number of rotatable bonds is 7. The molecule has 0 fully saturated rings. The summed E-state index contributed by atoms with van der Waals surface area (Å²) in [6, 6.07) is 8.12. The number of nitrogens with zero attached hydrogens (tertiary/aromatic N) is 3. The quantitative estimate of drug-likeness (QED) is 0.324. The van der Waals surface area contributed by atoms with Gasteiger partial charge in [0, 0.05) is 41.9 Å². The third kappa shape index (κ3) is 4.92. The van der Waals surface area contributed by atoms with Crippen molar-refractivity contribution < 1.29 is 9.59 Å². The predicted molar refractivity (Wildman–Crippen MR) is 132 cm³/mol. The molecule has 1 amide bonds. The number of likely N-dealkylation sites (N-methyl/N-ethyl adjacent to an activating group) is 2. The monoisotopic (exact) mass is 445 g/mol. The number of H-pyrrole nitrogens is 2. The average molecular weight is 446 g/mol. The molecular formula is C26H31N5O2. The van der Waals surface area contributed by atoms with Gasteiger partial charge in [-0.05, 0) is 61.2 Å². The van der Waals surface area contributed by atoms with E-state index in [4.69, 9.17) is 0 Å². The van der Waals surface area contributed by atoms with Crippen molar-refractivity contribution in [1.82, 2.24) is 20.1 Å². The highest BCUT2D eigenvalue weighted by molar-refractivity contribution is 5.97. The Morgan fingerprint density at radius 1 is 1.18 bits per heavy atom. The number of hydrogen-bond acceptors (Lipinski definition) is 4. The van der Waals surface area contributed by atoms with Crippen LogP contribution in [0.15, 0.2) is 48.7 Å². The summed E-state index contributed by atoms with van der Waals surface area (Å²) in [6.45, 7) is 4.83. The van der Waals surface area contributed by atoms with Crippen LogP contribution in [0, 0.1) is 5.41 Å². The van der Waals surface area contributed by atoms with Crippen molar-refractivity contribution in [2.75, 3.05) is 25.5 Å². The van der Waals surface area contributed by atoms with E-state index < -0.39 is 0 Å². The number of aldehydes is 1. The van der Waals surface area contributed by atoms with Crippen molar-refractivity contribution in [3.8, 4) is 11.4 Å². The lowest BCUT2D eigenvalue weighted by atomic mass is 9.76. The number of amides is 1. The molecule has 0 aliphatic heterocycles. The molecule has 0 bridgehead atoms. The van der Waals surface area contributed by atoms with Crippen LogP contribution in [-0.4, -0.2) is 52.9 Å². The van der Waals surface area contributed by atoms with Crippen LogP contribution in [0.5, 0.6) is 0 Å². The Balaban J connectivity index is 1.51. The highest BCUT2D eigenvalue weighted by Crippen LogP contribution is 2.38. The second-order valence-corrected chi connectivity index (χ2v) is 9.56. The summed E-state index contributed by atoms with van der Waals surface area (Å²) in [5.41, 5.74) is 6.66. The van der Waals surface area contributed by atoms with E-state index in [1.807, 2.05) is 25.2 Å². The molecule has 0 saturated carbocycles. The van der Waals surface area contributed by atoms with E-state index in [0.29, 0.717) is 11.7 Å². The number of fused-ring (bicyclic) bond motifs is 2. The van der Waals surface area contributed by atoms with Crippen molar-refractivity contribution in [3.63, 3.8) is 0 Å². The zero-order chi connectivity index (χ0) is 23.6. The number of nitrogens with one attached hydrogen (secondary N) is 2. The van der Waals surface area contributed by atoms with Gasteiger partial charge in [-0.15, -0.1) is 0 Å². The van der Waals surface area contributed by atoms with Crippen LogP contribution in [0.1, 0.15) is 31.5 Å². The van der Waals surface area contributed by atoms with Gasteiger partial charge < -0.3 is 14.8 Å². The molecule has 33 heavy (non-hydrogen) atoms. The summed E-state index contributed by atoms with van der Waals surface area (Å²) in [6.07, 6.45) is 10.4. The molecule has 2 aromatic heterocycles. The normalized spacial score (nSPS) is 15.3. The highest BCUT2D eigenvalue weighted by Gasteiger charge is 2.29. The van der Waals surface area contributed by atoms with Crippen LogP contribution in [0.25, 0.3) is 22.3 Å². The van der Waals surface area contributed by atoms with E-state index in [9.17, 15) is 9.59 Å². The summed E-state index contributed by atoms with van der Waals surface area (Å²) < 4.78 is 0. The van der Waals surface area contributed by atoms with E-state index in [1.165, 1.54) is 17.3 Å². The molecular weight excluding hydrogens is 414 g/mol. The van der Waals surface area contributed by atoms with Gasteiger partial charge >= 0.3 is 0 Å². The van der Waals surface area contributed by atoms with Gasteiger partial charge in [-0.3, -0.25) is 14.7 Å². The first-order valence-electron chi connectivity index (χ1n) is 11.2. The van der Waals surface area contributed by atoms with E-state index in [1.54, 1.807) is 35.2 Å². The minimum absolute atomic E-state index is 0.0309. The van der Waals surface area contributed by atoms with Crippen molar-refractivity contribution >= 4 is 28.8 Å². The second kappa shape index (κ2) is 9.10. The molecule has 1 aromatic carbocycles. The molecule has 2 heterocycles. The minimum atomic E-state index is -0.0309. The zero-order valence-electron chi connectivity index (χ0n) is 19.7. The first kappa shape index (κ1) is 22.6. The molecule has 1 aliphatic carbocycles. The second-order valence-electron chi connectivity index (χ2n) is 9.56. The van der Waals surface area contributed by atoms with Crippen LogP contribution >= 0.6 is 0 Å². The van der Waals surface area contributed by atoms with Crippen molar-refractivity contribution in [1.29, 1.82) is 0 Å². The van der Waals surface area contributed by atoms with Crippen LogP contribution in [-0.2, 0) is 22.4 Å². The van der Waals surface area contributed by atoms with Gasteiger partial charge in [0.05, 0.1) is 12.2 Å². The lowest BCUT2D eigenvalue weighted by Gasteiger charge is -2.28. The van der Waals surface area contributed by atoms with E-state index in [0.717, 1.165) is 47.2 Å². The van der Waals surface area contributed by atoms with E-state index >= 15 is 0 Å². The van der Waals surface area contributed by atoms with Crippen LogP contribution in [0.2, 0.25) is 0 Å².